The molecule has 0 radical (unpaired) electrons. The predicted octanol–water partition coefficient (Wildman–Crippen LogP) is 3.96. The van der Waals surface area contributed by atoms with Crippen LogP contribution in [-0.4, -0.2) is 26.6 Å². The molecule has 1 heterocycles. The standard InChI is InChI=1S/C14H14ClFN2O2S/c1-8(2)11-6-12(21-7-13(19)20)18(17-11)14-9(15)4-3-5-10(14)16/h3-6,8H,7H2,1-2H3,(H,19,20). The maximum Gasteiger partial charge on any atom is 0.313 e. The summed E-state index contributed by atoms with van der Waals surface area (Å²) >= 11 is 7.14. The third kappa shape index (κ3) is 3.57. The van der Waals surface area contributed by atoms with Crippen molar-refractivity contribution in [2.24, 2.45) is 0 Å². The van der Waals surface area contributed by atoms with Crippen LogP contribution in [0.15, 0.2) is 29.3 Å². The lowest BCUT2D eigenvalue weighted by Crippen LogP contribution is -2.05. The van der Waals surface area contributed by atoms with Gasteiger partial charge in [0, 0.05) is 0 Å². The number of carboxylic acid groups (broad SMARTS) is 1. The summed E-state index contributed by atoms with van der Waals surface area (Å²) in [6, 6.07) is 6.14. The second kappa shape index (κ2) is 6.49. The molecule has 1 N–H and O–H groups in total. The molecule has 112 valence electrons. The van der Waals surface area contributed by atoms with E-state index < -0.39 is 11.8 Å². The Morgan fingerprint density at radius 3 is 2.81 bits per heavy atom. The van der Waals surface area contributed by atoms with Crippen LogP contribution < -0.4 is 0 Å². The van der Waals surface area contributed by atoms with Crippen LogP contribution >= 0.6 is 23.4 Å². The summed E-state index contributed by atoms with van der Waals surface area (Å²) in [4.78, 5) is 10.7. The summed E-state index contributed by atoms with van der Waals surface area (Å²) in [5.74, 6) is -1.44. The monoisotopic (exact) mass is 328 g/mol. The number of thioether (sulfide) groups is 1. The van der Waals surface area contributed by atoms with Crippen molar-refractivity contribution in [1.82, 2.24) is 9.78 Å². The summed E-state index contributed by atoms with van der Waals surface area (Å²) in [6.07, 6.45) is 0. The minimum atomic E-state index is -0.946. The second-order valence-corrected chi connectivity index (χ2v) is 6.13. The van der Waals surface area contributed by atoms with Crippen LogP contribution in [0.25, 0.3) is 5.69 Å². The first-order valence-electron chi connectivity index (χ1n) is 6.29. The van der Waals surface area contributed by atoms with Gasteiger partial charge in [-0.05, 0) is 24.1 Å². The average molecular weight is 329 g/mol. The molecule has 0 fully saturated rings. The Balaban J connectivity index is 2.52. The SMILES string of the molecule is CC(C)c1cc(SCC(=O)O)n(-c2c(F)cccc2Cl)n1. The molecule has 0 aliphatic carbocycles. The zero-order valence-corrected chi connectivity index (χ0v) is 13.1. The van der Waals surface area contributed by atoms with E-state index in [9.17, 15) is 9.18 Å². The zero-order chi connectivity index (χ0) is 15.6. The van der Waals surface area contributed by atoms with Crippen molar-refractivity contribution in [3.8, 4) is 5.69 Å². The van der Waals surface area contributed by atoms with Crippen LogP contribution in [0.1, 0.15) is 25.5 Å². The molecule has 0 aliphatic heterocycles. The number of aromatic nitrogens is 2. The minimum Gasteiger partial charge on any atom is -0.481 e. The van der Waals surface area contributed by atoms with Crippen molar-refractivity contribution in [3.63, 3.8) is 0 Å². The van der Waals surface area contributed by atoms with Gasteiger partial charge in [0.1, 0.15) is 16.5 Å². The van der Waals surface area contributed by atoms with Gasteiger partial charge < -0.3 is 5.11 Å². The minimum absolute atomic E-state index is 0.130. The van der Waals surface area contributed by atoms with E-state index in [1.807, 2.05) is 13.8 Å². The molecule has 1 aromatic heterocycles. The summed E-state index contributed by atoms with van der Waals surface area (Å²) < 4.78 is 15.4. The number of carbonyl (C=O) groups is 1. The molecule has 21 heavy (non-hydrogen) atoms. The lowest BCUT2D eigenvalue weighted by atomic mass is 10.1. The Hall–Kier alpha value is -1.53. The van der Waals surface area contributed by atoms with Crippen molar-refractivity contribution in [1.29, 1.82) is 0 Å². The van der Waals surface area contributed by atoms with Gasteiger partial charge in [0.15, 0.2) is 0 Å². The first-order valence-corrected chi connectivity index (χ1v) is 7.65. The molecule has 2 aromatic rings. The van der Waals surface area contributed by atoms with Crippen molar-refractivity contribution < 1.29 is 14.3 Å². The molecule has 7 heteroatoms. The number of para-hydroxylation sites is 1. The molecule has 0 atom stereocenters. The van der Waals surface area contributed by atoms with Gasteiger partial charge in [0.05, 0.1) is 16.5 Å². The Labute approximate surface area is 130 Å². The number of carboxylic acids is 1. The molecule has 0 bridgehead atoms. The number of rotatable bonds is 5. The van der Waals surface area contributed by atoms with Crippen molar-refractivity contribution in [2.45, 2.75) is 24.8 Å². The molecule has 0 saturated carbocycles. The Morgan fingerprint density at radius 2 is 2.24 bits per heavy atom. The molecule has 1 aromatic carbocycles. The van der Waals surface area contributed by atoms with Crippen LogP contribution in [0, 0.1) is 5.82 Å². The molecule has 0 spiro atoms. The van der Waals surface area contributed by atoms with E-state index in [1.54, 1.807) is 12.1 Å². The van der Waals surface area contributed by atoms with Crippen molar-refractivity contribution in [3.05, 3.63) is 40.8 Å². The molecule has 0 saturated heterocycles. The molecule has 0 aliphatic rings. The fourth-order valence-corrected chi connectivity index (χ4v) is 2.73. The fourth-order valence-electron chi connectivity index (χ4n) is 1.75. The van der Waals surface area contributed by atoms with Crippen LogP contribution in [0.4, 0.5) is 4.39 Å². The topological polar surface area (TPSA) is 55.1 Å². The molecule has 2 rings (SSSR count). The zero-order valence-electron chi connectivity index (χ0n) is 11.5. The van der Waals surface area contributed by atoms with Gasteiger partial charge >= 0.3 is 5.97 Å². The quantitative estimate of drug-likeness (QED) is 0.844. The van der Waals surface area contributed by atoms with Crippen LogP contribution in [-0.2, 0) is 4.79 Å². The van der Waals surface area contributed by atoms with Gasteiger partial charge in [-0.15, -0.1) is 0 Å². The van der Waals surface area contributed by atoms with E-state index in [0.29, 0.717) is 5.03 Å². The van der Waals surface area contributed by atoms with E-state index in [0.717, 1.165) is 17.5 Å². The summed E-state index contributed by atoms with van der Waals surface area (Å²) in [6.45, 7) is 3.92. The highest BCUT2D eigenvalue weighted by Crippen LogP contribution is 2.30. The fraction of sp³-hybridized carbons (Fsp3) is 0.286. The second-order valence-electron chi connectivity index (χ2n) is 4.73. The van der Waals surface area contributed by atoms with E-state index in [4.69, 9.17) is 16.7 Å². The number of hydrogen-bond acceptors (Lipinski definition) is 3. The third-order valence-corrected chi connectivity index (χ3v) is 4.06. The third-order valence-electron chi connectivity index (χ3n) is 2.78. The number of halogens is 2. The van der Waals surface area contributed by atoms with E-state index in [2.05, 4.69) is 5.10 Å². The number of nitrogens with zero attached hydrogens (tertiary/aromatic N) is 2. The summed E-state index contributed by atoms with van der Waals surface area (Å²) in [5, 5.41) is 13.9. The van der Waals surface area contributed by atoms with E-state index >= 15 is 0 Å². The van der Waals surface area contributed by atoms with Gasteiger partial charge in [-0.25, -0.2) is 9.07 Å². The van der Waals surface area contributed by atoms with Crippen LogP contribution in [0.2, 0.25) is 5.02 Å². The molecule has 4 nitrogen and oxygen atoms in total. The first-order chi connectivity index (χ1) is 9.90. The Morgan fingerprint density at radius 1 is 1.52 bits per heavy atom. The molecule has 0 unspecified atom stereocenters. The molecular weight excluding hydrogens is 315 g/mol. The average Bonchev–Trinajstić information content (AvgIpc) is 2.80. The maximum absolute atomic E-state index is 14.1. The largest absolute Gasteiger partial charge is 0.481 e. The lowest BCUT2D eigenvalue weighted by molar-refractivity contribution is -0.133. The molecule has 0 amide bonds. The smallest absolute Gasteiger partial charge is 0.313 e. The van der Waals surface area contributed by atoms with Crippen molar-refractivity contribution in [2.75, 3.05) is 5.75 Å². The van der Waals surface area contributed by atoms with Crippen LogP contribution in [0.3, 0.4) is 0 Å². The highest BCUT2D eigenvalue weighted by atomic mass is 35.5. The number of benzene rings is 1. The predicted molar refractivity (Wildman–Crippen MR) is 81.0 cm³/mol. The molecular formula is C14H14ClFN2O2S. The Bertz CT molecular complexity index is 653. The van der Waals surface area contributed by atoms with Gasteiger partial charge in [-0.3, -0.25) is 4.79 Å². The van der Waals surface area contributed by atoms with Crippen LogP contribution in [0.5, 0.6) is 0 Å². The highest BCUT2D eigenvalue weighted by molar-refractivity contribution is 7.99. The first kappa shape index (κ1) is 15.9. The van der Waals surface area contributed by atoms with Gasteiger partial charge in [0.2, 0.25) is 0 Å². The summed E-state index contributed by atoms with van der Waals surface area (Å²) in [7, 11) is 0. The van der Waals surface area contributed by atoms with Gasteiger partial charge in [-0.2, -0.15) is 5.10 Å². The Kier molecular flexibility index (Phi) is 4.90. The number of hydrogen-bond donors (Lipinski definition) is 1. The van der Waals surface area contributed by atoms with Gasteiger partial charge in [0.25, 0.3) is 0 Å². The van der Waals surface area contributed by atoms with E-state index in [1.165, 1.54) is 16.8 Å². The van der Waals surface area contributed by atoms with Crippen molar-refractivity contribution >= 4 is 29.3 Å². The normalized spacial score (nSPS) is 11.1. The highest BCUT2D eigenvalue weighted by Gasteiger charge is 2.18. The number of aliphatic carboxylic acids is 1. The maximum atomic E-state index is 14.1. The lowest BCUT2D eigenvalue weighted by Gasteiger charge is -2.09. The summed E-state index contributed by atoms with van der Waals surface area (Å²) in [5.41, 5.74) is 0.890. The van der Waals surface area contributed by atoms with Gasteiger partial charge in [-0.1, -0.05) is 43.3 Å². The van der Waals surface area contributed by atoms with E-state index in [-0.39, 0.29) is 22.4 Å².